The van der Waals surface area contributed by atoms with Crippen LogP contribution in [0.4, 0.5) is 3.89 Å². The van der Waals surface area contributed by atoms with Crippen LogP contribution in [0.2, 0.25) is 0 Å². The van der Waals surface area contributed by atoms with Crippen molar-refractivity contribution < 1.29 is 12.3 Å². The van der Waals surface area contributed by atoms with E-state index in [1.54, 1.807) is 0 Å². The molecule has 0 aromatic rings. The van der Waals surface area contributed by atoms with E-state index in [2.05, 4.69) is 0 Å². The van der Waals surface area contributed by atoms with Gasteiger partial charge in [-0.3, -0.25) is 0 Å². The Morgan fingerprint density at radius 2 is 1.83 bits per heavy atom. The fraction of sp³-hybridized carbons (Fsp3) is 1.00. The third kappa shape index (κ3) is 4.04. The summed E-state index contributed by atoms with van der Waals surface area (Å²) < 4.78 is 32.3. The molecule has 1 rings (SSSR count). The minimum atomic E-state index is -4.22. The van der Waals surface area contributed by atoms with Gasteiger partial charge in [-0.25, -0.2) is 0 Å². The second-order valence-corrected chi connectivity index (χ2v) is 5.02. The monoisotopic (exact) mass is 194 g/mol. The Balaban J connectivity index is 2.09. The molecule has 0 heterocycles. The van der Waals surface area contributed by atoms with Crippen LogP contribution < -0.4 is 0 Å². The summed E-state index contributed by atoms with van der Waals surface area (Å²) in [6, 6.07) is 0. The Kier molecular flexibility index (Phi) is 3.50. The molecule has 1 aliphatic carbocycles. The molecule has 0 atom stereocenters. The fourth-order valence-electron chi connectivity index (χ4n) is 1.84. The zero-order valence-electron chi connectivity index (χ0n) is 7.13. The van der Waals surface area contributed by atoms with Crippen LogP contribution in [-0.4, -0.2) is 14.2 Å². The Bertz CT molecular complexity index is 217. The second-order valence-electron chi connectivity index (χ2n) is 3.54. The molecule has 1 aliphatic rings. The maximum atomic E-state index is 12.0. The lowest BCUT2D eigenvalue weighted by molar-refractivity contribution is 0.488. The van der Waals surface area contributed by atoms with Crippen molar-refractivity contribution in [1.82, 2.24) is 0 Å². The summed E-state index contributed by atoms with van der Waals surface area (Å²) in [4.78, 5) is 0. The highest BCUT2D eigenvalue weighted by Gasteiger charge is 2.15. The first-order valence-electron chi connectivity index (χ1n) is 4.50. The van der Waals surface area contributed by atoms with Crippen LogP contribution in [0.5, 0.6) is 0 Å². The summed E-state index contributed by atoms with van der Waals surface area (Å²) >= 11 is 0. The van der Waals surface area contributed by atoms with Crippen molar-refractivity contribution in [2.75, 3.05) is 5.75 Å². The van der Waals surface area contributed by atoms with Crippen LogP contribution in [0.15, 0.2) is 0 Å². The summed E-state index contributed by atoms with van der Waals surface area (Å²) in [6.07, 6.45) is 6.28. The van der Waals surface area contributed by atoms with Crippen molar-refractivity contribution in [3.63, 3.8) is 0 Å². The van der Waals surface area contributed by atoms with Gasteiger partial charge < -0.3 is 0 Å². The van der Waals surface area contributed by atoms with Crippen molar-refractivity contribution in [2.24, 2.45) is 5.92 Å². The van der Waals surface area contributed by atoms with Gasteiger partial charge in [0.15, 0.2) is 0 Å². The Morgan fingerprint density at radius 3 is 2.33 bits per heavy atom. The van der Waals surface area contributed by atoms with Crippen molar-refractivity contribution in [2.45, 2.75) is 38.5 Å². The second kappa shape index (κ2) is 4.21. The van der Waals surface area contributed by atoms with Crippen LogP contribution in [0.3, 0.4) is 0 Å². The molecule has 1 fully saturated rings. The van der Waals surface area contributed by atoms with Crippen LogP contribution >= 0.6 is 0 Å². The van der Waals surface area contributed by atoms with E-state index in [1.807, 2.05) is 0 Å². The van der Waals surface area contributed by atoms with E-state index in [1.165, 1.54) is 25.7 Å². The Hall–Kier alpha value is -0.120. The standard InChI is InChI=1S/C8H15FO2S/c9-12(10,11)7-3-6-8-4-1-2-5-8/h8H,1-7H2. The number of hydrogen-bond acceptors (Lipinski definition) is 2. The fourth-order valence-corrected chi connectivity index (χ4v) is 2.35. The van der Waals surface area contributed by atoms with Crippen molar-refractivity contribution >= 4 is 10.2 Å². The molecular weight excluding hydrogens is 179 g/mol. The van der Waals surface area contributed by atoms with Gasteiger partial charge >= 0.3 is 10.2 Å². The van der Waals surface area contributed by atoms with E-state index >= 15 is 0 Å². The van der Waals surface area contributed by atoms with Gasteiger partial charge in [-0.1, -0.05) is 25.7 Å². The largest absolute Gasteiger partial charge is 0.302 e. The van der Waals surface area contributed by atoms with Gasteiger partial charge in [0.2, 0.25) is 0 Å². The summed E-state index contributed by atoms with van der Waals surface area (Å²) in [5.74, 6) is 0.371. The van der Waals surface area contributed by atoms with Gasteiger partial charge in [-0.05, 0) is 18.8 Å². The first-order valence-corrected chi connectivity index (χ1v) is 6.05. The SMILES string of the molecule is O=S(=O)(F)CCCC1CCCC1. The van der Waals surface area contributed by atoms with E-state index in [4.69, 9.17) is 0 Å². The summed E-state index contributed by atoms with van der Waals surface area (Å²) in [7, 11) is -4.22. The van der Waals surface area contributed by atoms with E-state index in [-0.39, 0.29) is 5.75 Å². The molecule has 0 bridgehead atoms. The molecule has 0 saturated heterocycles. The molecule has 0 aliphatic heterocycles. The lowest BCUT2D eigenvalue weighted by Gasteiger charge is -2.05. The minimum absolute atomic E-state index is 0.288. The van der Waals surface area contributed by atoms with Gasteiger partial charge in [-0.15, -0.1) is 3.89 Å². The van der Waals surface area contributed by atoms with Crippen molar-refractivity contribution in [3.8, 4) is 0 Å². The first kappa shape index (κ1) is 9.96. The third-order valence-electron chi connectivity index (χ3n) is 2.48. The molecule has 0 unspecified atom stereocenters. The lowest BCUT2D eigenvalue weighted by Crippen LogP contribution is -2.01. The average Bonchev–Trinajstić information content (AvgIpc) is 2.36. The molecule has 0 spiro atoms. The highest BCUT2D eigenvalue weighted by Crippen LogP contribution is 2.28. The van der Waals surface area contributed by atoms with Crippen LogP contribution in [0.25, 0.3) is 0 Å². The molecule has 0 amide bonds. The van der Waals surface area contributed by atoms with Gasteiger partial charge in [-0.2, -0.15) is 8.42 Å². The third-order valence-corrected chi connectivity index (χ3v) is 3.25. The van der Waals surface area contributed by atoms with Crippen LogP contribution in [0.1, 0.15) is 38.5 Å². The summed E-state index contributed by atoms with van der Waals surface area (Å²) in [6.45, 7) is 0. The van der Waals surface area contributed by atoms with Gasteiger partial charge in [0, 0.05) is 0 Å². The average molecular weight is 194 g/mol. The molecule has 4 heteroatoms. The molecule has 0 radical (unpaired) electrons. The van der Waals surface area contributed by atoms with E-state index in [0.717, 1.165) is 6.42 Å². The number of halogens is 1. The zero-order chi connectivity index (χ0) is 9.03. The summed E-state index contributed by atoms with van der Waals surface area (Å²) in [5.41, 5.74) is 0. The maximum Gasteiger partial charge on any atom is 0.302 e. The molecule has 0 aromatic carbocycles. The number of rotatable bonds is 4. The van der Waals surface area contributed by atoms with Gasteiger partial charge in [0.1, 0.15) is 0 Å². The van der Waals surface area contributed by atoms with Crippen molar-refractivity contribution in [1.29, 1.82) is 0 Å². The smallest absolute Gasteiger partial charge is 0.195 e. The molecule has 12 heavy (non-hydrogen) atoms. The molecule has 72 valence electrons. The van der Waals surface area contributed by atoms with E-state index in [0.29, 0.717) is 12.3 Å². The van der Waals surface area contributed by atoms with Crippen molar-refractivity contribution in [3.05, 3.63) is 0 Å². The number of hydrogen-bond donors (Lipinski definition) is 0. The minimum Gasteiger partial charge on any atom is -0.195 e. The predicted octanol–water partition coefficient (Wildman–Crippen LogP) is 2.26. The summed E-state index contributed by atoms with van der Waals surface area (Å²) in [5, 5.41) is 0. The molecule has 0 aromatic heterocycles. The normalized spacial score (nSPS) is 20.1. The highest BCUT2D eigenvalue weighted by atomic mass is 32.3. The maximum absolute atomic E-state index is 12.0. The first-order chi connectivity index (χ1) is 5.58. The molecular formula is C8H15FO2S. The Morgan fingerprint density at radius 1 is 1.25 bits per heavy atom. The molecule has 0 N–H and O–H groups in total. The molecule has 1 saturated carbocycles. The lowest BCUT2D eigenvalue weighted by atomic mass is 10.0. The quantitative estimate of drug-likeness (QED) is 0.643. The Labute approximate surface area is 73.4 Å². The van der Waals surface area contributed by atoms with E-state index < -0.39 is 10.2 Å². The van der Waals surface area contributed by atoms with Gasteiger partial charge in [0.25, 0.3) is 0 Å². The van der Waals surface area contributed by atoms with Crippen LogP contribution in [0, 0.1) is 5.92 Å². The topological polar surface area (TPSA) is 34.1 Å². The van der Waals surface area contributed by atoms with Gasteiger partial charge in [0.05, 0.1) is 5.75 Å². The van der Waals surface area contributed by atoms with E-state index in [9.17, 15) is 12.3 Å². The highest BCUT2D eigenvalue weighted by molar-refractivity contribution is 7.86. The molecule has 2 nitrogen and oxygen atoms in total. The zero-order valence-corrected chi connectivity index (χ0v) is 7.95. The predicted molar refractivity (Wildman–Crippen MR) is 46.1 cm³/mol. The van der Waals surface area contributed by atoms with Crippen LogP contribution in [-0.2, 0) is 10.2 Å².